The number of nitrogens with one attached hydrogen (secondary N) is 2. The van der Waals surface area contributed by atoms with Crippen LogP contribution in [0.5, 0.6) is 0 Å². The number of nitrogens with zero attached hydrogens (tertiary/aromatic N) is 2. The maximum atomic E-state index is 6.08. The lowest BCUT2D eigenvalue weighted by atomic mass is 9.78. The molecule has 0 aliphatic carbocycles. The summed E-state index contributed by atoms with van der Waals surface area (Å²) < 4.78 is 11.9. The third-order valence-corrected chi connectivity index (χ3v) is 4.97. The van der Waals surface area contributed by atoms with Crippen LogP contribution in [-0.4, -0.2) is 76.1 Å². The van der Waals surface area contributed by atoms with Crippen LogP contribution in [0.4, 0.5) is 0 Å². The fourth-order valence-electron chi connectivity index (χ4n) is 3.74. The smallest absolute Gasteiger partial charge is 0.191 e. The van der Waals surface area contributed by atoms with Crippen LogP contribution in [0.3, 0.4) is 0 Å². The molecule has 0 aromatic carbocycles. The van der Waals surface area contributed by atoms with Crippen LogP contribution in [0.25, 0.3) is 0 Å². The van der Waals surface area contributed by atoms with Gasteiger partial charge in [0.05, 0.1) is 18.8 Å². The molecule has 2 N–H and O–H groups in total. The number of aliphatic imine (C=N–C) groups is 1. The zero-order chi connectivity index (χ0) is 18.3. The van der Waals surface area contributed by atoms with Gasteiger partial charge in [-0.05, 0) is 32.2 Å². The maximum absolute atomic E-state index is 6.08. The summed E-state index contributed by atoms with van der Waals surface area (Å²) in [6.07, 6.45) is 2.84. The van der Waals surface area contributed by atoms with Crippen molar-refractivity contribution in [2.24, 2.45) is 16.3 Å². The van der Waals surface area contributed by atoms with Crippen molar-refractivity contribution in [3.63, 3.8) is 0 Å². The van der Waals surface area contributed by atoms with E-state index >= 15 is 0 Å². The van der Waals surface area contributed by atoms with Gasteiger partial charge >= 0.3 is 0 Å². The number of rotatable bonds is 5. The van der Waals surface area contributed by atoms with Crippen LogP contribution >= 0.6 is 0 Å². The van der Waals surface area contributed by atoms with Gasteiger partial charge in [0, 0.05) is 45.2 Å². The van der Waals surface area contributed by atoms with Gasteiger partial charge < -0.3 is 25.0 Å². The Morgan fingerprint density at radius 1 is 1.20 bits per heavy atom. The van der Waals surface area contributed by atoms with Crippen molar-refractivity contribution in [1.82, 2.24) is 15.5 Å². The van der Waals surface area contributed by atoms with Gasteiger partial charge in [-0.15, -0.1) is 0 Å². The number of ether oxygens (including phenoxy) is 2. The second kappa shape index (κ2) is 9.74. The second-order valence-corrected chi connectivity index (χ2v) is 8.42. The summed E-state index contributed by atoms with van der Waals surface area (Å²) >= 11 is 0. The van der Waals surface area contributed by atoms with Crippen LogP contribution in [0, 0.1) is 11.3 Å². The maximum Gasteiger partial charge on any atom is 0.191 e. The molecule has 0 amide bonds. The summed E-state index contributed by atoms with van der Waals surface area (Å²) in [4.78, 5) is 7.16. The monoisotopic (exact) mass is 354 g/mol. The number of hydrogen-bond acceptors (Lipinski definition) is 4. The lowest BCUT2D eigenvalue weighted by Crippen LogP contribution is -2.48. The number of morpholine rings is 1. The quantitative estimate of drug-likeness (QED) is 0.581. The number of hydrogen-bond donors (Lipinski definition) is 2. The van der Waals surface area contributed by atoms with Crippen molar-refractivity contribution >= 4 is 5.96 Å². The predicted octanol–water partition coefficient (Wildman–Crippen LogP) is 1.71. The van der Waals surface area contributed by atoms with E-state index in [2.05, 4.69) is 50.3 Å². The lowest BCUT2D eigenvalue weighted by molar-refractivity contribution is -0.0823. The predicted molar refractivity (Wildman–Crippen MR) is 103 cm³/mol. The largest absolute Gasteiger partial charge is 0.377 e. The first-order valence-electron chi connectivity index (χ1n) is 9.84. The van der Waals surface area contributed by atoms with E-state index < -0.39 is 0 Å². The molecule has 2 rings (SSSR count). The van der Waals surface area contributed by atoms with E-state index in [-0.39, 0.29) is 17.6 Å². The minimum atomic E-state index is 0.160. The standard InChI is InChI=1S/C19H38N4O2/c1-6-20-18(22-13-16-14-23(5)9-11-24-16)21-12-15-8-7-10-25-17(15)19(2,3)4/h15-17H,6-14H2,1-5H3,(H2,20,21,22). The molecule has 25 heavy (non-hydrogen) atoms. The zero-order valence-electron chi connectivity index (χ0n) is 16.8. The third kappa shape index (κ3) is 6.76. The second-order valence-electron chi connectivity index (χ2n) is 8.42. The molecule has 2 aliphatic heterocycles. The SMILES string of the molecule is CCNC(=NCC1CCCOC1C(C)(C)C)NCC1CN(C)CCO1. The molecular weight excluding hydrogens is 316 g/mol. The Balaban J connectivity index is 1.89. The Hall–Kier alpha value is -0.850. The van der Waals surface area contributed by atoms with Crippen molar-refractivity contribution < 1.29 is 9.47 Å². The molecule has 3 unspecified atom stereocenters. The topological polar surface area (TPSA) is 58.1 Å². The van der Waals surface area contributed by atoms with Crippen LogP contribution < -0.4 is 10.6 Å². The van der Waals surface area contributed by atoms with E-state index in [0.717, 1.165) is 58.3 Å². The highest BCUT2D eigenvalue weighted by Gasteiger charge is 2.35. The fraction of sp³-hybridized carbons (Fsp3) is 0.947. The van der Waals surface area contributed by atoms with Crippen molar-refractivity contribution in [2.45, 2.75) is 52.7 Å². The summed E-state index contributed by atoms with van der Waals surface area (Å²) in [6.45, 7) is 15.0. The van der Waals surface area contributed by atoms with Crippen molar-refractivity contribution in [1.29, 1.82) is 0 Å². The van der Waals surface area contributed by atoms with Crippen molar-refractivity contribution in [3.8, 4) is 0 Å². The van der Waals surface area contributed by atoms with Crippen molar-refractivity contribution in [3.05, 3.63) is 0 Å². The first-order chi connectivity index (χ1) is 11.9. The molecule has 0 radical (unpaired) electrons. The highest BCUT2D eigenvalue weighted by Crippen LogP contribution is 2.34. The average Bonchev–Trinajstić information content (AvgIpc) is 2.57. The summed E-state index contributed by atoms with van der Waals surface area (Å²) in [5, 5.41) is 6.81. The summed E-state index contributed by atoms with van der Waals surface area (Å²) in [7, 11) is 2.14. The molecule has 6 nitrogen and oxygen atoms in total. The molecule has 6 heteroatoms. The number of likely N-dealkylation sites (N-methyl/N-ethyl adjacent to an activating group) is 1. The van der Waals surface area contributed by atoms with E-state index in [0.29, 0.717) is 5.92 Å². The highest BCUT2D eigenvalue weighted by atomic mass is 16.5. The molecular formula is C19H38N4O2. The van der Waals surface area contributed by atoms with Crippen LogP contribution in [0.15, 0.2) is 4.99 Å². The molecule has 2 saturated heterocycles. The molecule has 2 fully saturated rings. The van der Waals surface area contributed by atoms with E-state index in [1.165, 1.54) is 6.42 Å². The van der Waals surface area contributed by atoms with Gasteiger partial charge in [0.15, 0.2) is 5.96 Å². The third-order valence-electron chi connectivity index (χ3n) is 4.97. The normalized spacial score (nSPS) is 29.5. The minimum absolute atomic E-state index is 0.160. The summed E-state index contributed by atoms with van der Waals surface area (Å²) in [5.74, 6) is 1.37. The van der Waals surface area contributed by atoms with Gasteiger partial charge in [-0.1, -0.05) is 20.8 Å². The molecule has 146 valence electrons. The van der Waals surface area contributed by atoms with Gasteiger partial charge in [-0.3, -0.25) is 4.99 Å². The van der Waals surface area contributed by atoms with Crippen LogP contribution in [-0.2, 0) is 9.47 Å². The van der Waals surface area contributed by atoms with Gasteiger partial charge in [0.25, 0.3) is 0 Å². The zero-order valence-corrected chi connectivity index (χ0v) is 16.8. The Bertz CT molecular complexity index is 422. The molecule has 0 aromatic heterocycles. The molecule has 2 heterocycles. The number of guanidine groups is 1. The molecule has 0 saturated carbocycles. The first kappa shape index (κ1) is 20.5. The Morgan fingerprint density at radius 3 is 2.68 bits per heavy atom. The lowest BCUT2D eigenvalue weighted by Gasteiger charge is -2.39. The Kier molecular flexibility index (Phi) is 7.97. The van der Waals surface area contributed by atoms with E-state index in [9.17, 15) is 0 Å². The fourth-order valence-corrected chi connectivity index (χ4v) is 3.74. The van der Waals surface area contributed by atoms with Gasteiger partial charge in [0.1, 0.15) is 0 Å². The van der Waals surface area contributed by atoms with Gasteiger partial charge in [0.2, 0.25) is 0 Å². The van der Waals surface area contributed by atoms with E-state index in [1.807, 2.05) is 0 Å². The van der Waals surface area contributed by atoms with Crippen LogP contribution in [0.2, 0.25) is 0 Å². The average molecular weight is 355 g/mol. The minimum Gasteiger partial charge on any atom is -0.377 e. The van der Waals surface area contributed by atoms with Gasteiger partial charge in [-0.2, -0.15) is 0 Å². The molecule has 0 spiro atoms. The molecule has 2 aliphatic rings. The molecule has 3 atom stereocenters. The highest BCUT2D eigenvalue weighted by molar-refractivity contribution is 5.79. The van der Waals surface area contributed by atoms with E-state index in [4.69, 9.17) is 14.5 Å². The Morgan fingerprint density at radius 2 is 2.00 bits per heavy atom. The summed E-state index contributed by atoms with van der Waals surface area (Å²) in [5.41, 5.74) is 0.160. The van der Waals surface area contributed by atoms with Crippen LogP contribution in [0.1, 0.15) is 40.5 Å². The molecule has 0 aromatic rings. The van der Waals surface area contributed by atoms with E-state index in [1.54, 1.807) is 0 Å². The molecule has 0 bridgehead atoms. The first-order valence-corrected chi connectivity index (χ1v) is 9.84. The Labute approximate surface area is 153 Å². The summed E-state index contributed by atoms with van der Waals surface area (Å²) in [6, 6.07) is 0. The van der Waals surface area contributed by atoms with Gasteiger partial charge in [-0.25, -0.2) is 0 Å². The van der Waals surface area contributed by atoms with Crippen molar-refractivity contribution in [2.75, 3.05) is 53.0 Å².